The van der Waals surface area contributed by atoms with Crippen LogP contribution >= 0.6 is 11.8 Å². The minimum atomic E-state index is 0.166. The molecule has 3 heteroatoms. The number of nitrogens with zero attached hydrogens (tertiary/aromatic N) is 1. The summed E-state index contributed by atoms with van der Waals surface area (Å²) in [6.07, 6.45) is 6.18. The summed E-state index contributed by atoms with van der Waals surface area (Å²) in [6.45, 7) is 5.19. The average molecular weight is 258 g/mol. The van der Waals surface area contributed by atoms with Crippen molar-refractivity contribution in [1.82, 2.24) is 5.32 Å². The lowest BCUT2D eigenvalue weighted by Crippen LogP contribution is -2.25. The van der Waals surface area contributed by atoms with E-state index in [1.165, 1.54) is 16.7 Å². The highest BCUT2D eigenvalue weighted by molar-refractivity contribution is 8.14. The molecule has 2 nitrogen and oxygen atoms in total. The number of amidine groups is 1. The molecule has 1 heterocycles. The van der Waals surface area contributed by atoms with Crippen LogP contribution in [0.3, 0.4) is 0 Å². The van der Waals surface area contributed by atoms with Gasteiger partial charge in [-0.1, -0.05) is 30.0 Å². The van der Waals surface area contributed by atoms with Gasteiger partial charge in [-0.2, -0.15) is 0 Å². The van der Waals surface area contributed by atoms with Crippen LogP contribution in [0.15, 0.2) is 23.2 Å². The number of aryl methyl sites for hydroxylation is 1. The van der Waals surface area contributed by atoms with Gasteiger partial charge in [0.1, 0.15) is 0 Å². The summed E-state index contributed by atoms with van der Waals surface area (Å²) in [5.41, 5.74) is 3.90. The van der Waals surface area contributed by atoms with Crippen LogP contribution in [0.4, 0.5) is 0 Å². The van der Waals surface area contributed by atoms with Crippen LogP contribution in [0.25, 0.3) is 0 Å². The lowest BCUT2D eigenvalue weighted by Gasteiger charge is -2.20. The molecule has 1 aliphatic heterocycles. The van der Waals surface area contributed by atoms with Crippen molar-refractivity contribution in [3.63, 3.8) is 0 Å². The number of terminal acetylenes is 1. The zero-order chi connectivity index (χ0) is 13.0. The van der Waals surface area contributed by atoms with Gasteiger partial charge >= 0.3 is 0 Å². The van der Waals surface area contributed by atoms with E-state index >= 15 is 0 Å². The molecule has 0 aromatic heterocycles. The molecule has 0 fully saturated rings. The van der Waals surface area contributed by atoms with Crippen LogP contribution in [0.2, 0.25) is 0 Å². The van der Waals surface area contributed by atoms with Crippen LogP contribution in [0.1, 0.15) is 29.2 Å². The molecule has 2 rings (SSSR count). The second kappa shape index (κ2) is 5.97. The molecule has 0 saturated heterocycles. The monoisotopic (exact) mass is 258 g/mol. The molecule has 0 aliphatic carbocycles. The Morgan fingerprint density at radius 1 is 1.50 bits per heavy atom. The fourth-order valence-electron chi connectivity index (χ4n) is 2.08. The summed E-state index contributed by atoms with van der Waals surface area (Å²) < 4.78 is 0. The van der Waals surface area contributed by atoms with Gasteiger partial charge in [0.2, 0.25) is 0 Å². The summed E-state index contributed by atoms with van der Waals surface area (Å²) in [5.74, 6) is 3.83. The normalized spacial score (nSPS) is 15.9. The lowest BCUT2D eigenvalue weighted by atomic mass is 9.96. The molecule has 18 heavy (non-hydrogen) atoms. The predicted octanol–water partition coefficient (Wildman–Crippen LogP) is 3.06. The largest absolute Gasteiger partial charge is 0.357 e. The third-order valence-electron chi connectivity index (χ3n) is 3.23. The number of rotatable bonds is 3. The van der Waals surface area contributed by atoms with Gasteiger partial charge in [-0.15, -0.1) is 12.3 Å². The molecule has 0 spiro atoms. The molecule has 1 atom stereocenters. The quantitative estimate of drug-likeness (QED) is 0.843. The van der Waals surface area contributed by atoms with Crippen LogP contribution in [-0.2, 0) is 0 Å². The molecule has 0 saturated carbocycles. The molecular weight excluding hydrogens is 240 g/mol. The third kappa shape index (κ3) is 2.88. The smallest absolute Gasteiger partial charge is 0.157 e. The van der Waals surface area contributed by atoms with Gasteiger partial charge in [-0.3, -0.25) is 4.99 Å². The Morgan fingerprint density at radius 2 is 2.33 bits per heavy atom. The van der Waals surface area contributed by atoms with Gasteiger partial charge in [0.05, 0.1) is 12.6 Å². The highest BCUT2D eigenvalue weighted by atomic mass is 32.2. The predicted molar refractivity (Wildman–Crippen MR) is 80.0 cm³/mol. The van der Waals surface area contributed by atoms with E-state index in [-0.39, 0.29) is 6.04 Å². The molecule has 1 N–H and O–H groups in total. The molecule has 1 unspecified atom stereocenters. The molecule has 1 aromatic rings. The first-order valence-corrected chi connectivity index (χ1v) is 7.14. The Kier molecular flexibility index (Phi) is 4.33. The van der Waals surface area contributed by atoms with Gasteiger partial charge in [-0.25, -0.2) is 0 Å². The van der Waals surface area contributed by atoms with E-state index in [0.29, 0.717) is 6.42 Å². The maximum atomic E-state index is 5.49. The van der Waals surface area contributed by atoms with Gasteiger partial charge < -0.3 is 5.32 Å². The first-order chi connectivity index (χ1) is 8.72. The van der Waals surface area contributed by atoms with Crippen molar-refractivity contribution in [3.05, 3.63) is 34.9 Å². The van der Waals surface area contributed by atoms with Crippen molar-refractivity contribution in [2.45, 2.75) is 26.3 Å². The van der Waals surface area contributed by atoms with Crippen molar-refractivity contribution < 1.29 is 0 Å². The highest BCUT2D eigenvalue weighted by Crippen LogP contribution is 2.24. The molecule has 1 aliphatic rings. The van der Waals surface area contributed by atoms with Crippen molar-refractivity contribution in [2.24, 2.45) is 4.99 Å². The fraction of sp³-hybridized carbons (Fsp3) is 0.400. The summed E-state index contributed by atoms with van der Waals surface area (Å²) in [5, 5.41) is 4.50. The van der Waals surface area contributed by atoms with Crippen molar-refractivity contribution >= 4 is 16.9 Å². The second-order valence-electron chi connectivity index (χ2n) is 4.43. The first kappa shape index (κ1) is 13.0. The Morgan fingerprint density at radius 3 is 3.00 bits per heavy atom. The zero-order valence-electron chi connectivity index (χ0n) is 10.9. The number of thioether (sulfide) groups is 1. The molecule has 0 bridgehead atoms. The van der Waals surface area contributed by atoms with Gasteiger partial charge in [0.15, 0.2) is 5.17 Å². The highest BCUT2D eigenvalue weighted by Gasteiger charge is 2.17. The standard InChI is InChI=1S/C15H18N2S/c1-4-6-14(17-15-16-9-10-18-15)13-8-5-7-11(2)12(13)3/h1,5,7-8,14H,6,9-10H2,2-3H3,(H,16,17). The van der Waals surface area contributed by atoms with E-state index in [2.05, 4.69) is 48.3 Å². The number of hydrogen-bond acceptors (Lipinski definition) is 3. The van der Waals surface area contributed by atoms with Gasteiger partial charge in [0, 0.05) is 12.2 Å². The van der Waals surface area contributed by atoms with E-state index in [1.807, 2.05) is 0 Å². The minimum absolute atomic E-state index is 0.166. The summed E-state index contributed by atoms with van der Waals surface area (Å²) in [7, 11) is 0. The van der Waals surface area contributed by atoms with Crippen molar-refractivity contribution in [3.8, 4) is 12.3 Å². The third-order valence-corrected chi connectivity index (χ3v) is 4.13. The maximum Gasteiger partial charge on any atom is 0.157 e. The number of hydrogen-bond donors (Lipinski definition) is 1. The number of aliphatic imine (C=N–C) groups is 1. The first-order valence-electron chi connectivity index (χ1n) is 6.15. The number of nitrogens with one attached hydrogen (secondary N) is 1. The molecule has 94 valence electrons. The number of benzene rings is 1. The Bertz CT molecular complexity index is 500. The second-order valence-corrected chi connectivity index (χ2v) is 5.51. The summed E-state index contributed by atoms with van der Waals surface area (Å²) in [4.78, 5) is 4.44. The van der Waals surface area contributed by atoms with E-state index < -0.39 is 0 Å². The Labute approximate surface area is 113 Å². The SMILES string of the molecule is C#CCC(NC1=NCCS1)c1cccc(C)c1C. The summed E-state index contributed by atoms with van der Waals surface area (Å²) >= 11 is 1.77. The van der Waals surface area contributed by atoms with Crippen LogP contribution in [0.5, 0.6) is 0 Å². The lowest BCUT2D eigenvalue weighted by molar-refractivity contribution is 0.667. The maximum absolute atomic E-state index is 5.49. The summed E-state index contributed by atoms with van der Waals surface area (Å²) in [6, 6.07) is 6.54. The van der Waals surface area contributed by atoms with E-state index in [0.717, 1.165) is 17.5 Å². The zero-order valence-corrected chi connectivity index (χ0v) is 11.7. The van der Waals surface area contributed by atoms with E-state index in [1.54, 1.807) is 11.8 Å². The van der Waals surface area contributed by atoms with Gasteiger partial charge in [-0.05, 0) is 30.5 Å². The van der Waals surface area contributed by atoms with Gasteiger partial charge in [0.25, 0.3) is 0 Å². The Balaban J connectivity index is 2.23. The fourth-order valence-corrected chi connectivity index (χ4v) is 2.86. The average Bonchev–Trinajstić information content (AvgIpc) is 2.85. The van der Waals surface area contributed by atoms with Crippen LogP contribution < -0.4 is 5.32 Å². The minimum Gasteiger partial charge on any atom is -0.357 e. The van der Waals surface area contributed by atoms with Crippen molar-refractivity contribution in [2.75, 3.05) is 12.3 Å². The topological polar surface area (TPSA) is 24.4 Å². The molecule has 0 radical (unpaired) electrons. The Hall–Kier alpha value is -1.40. The van der Waals surface area contributed by atoms with E-state index in [4.69, 9.17) is 6.42 Å². The van der Waals surface area contributed by atoms with Crippen molar-refractivity contribution in [1.29, 1.82) is 0 Å². The molecular formula is C15H18N2S. The van der Waals surface area contributed by atoms with Crippen LogP contribution in [0, 0.1) is 26.2 Å². The molecule has 0 amide bonds. The van der Waals surface area contributed by atoms with Crippen LogP contribution in [-0.4, -0.2) is 17.5 Å². The van der Waals surface area contributed by atoms with E-state index in [9.17, 15) is 0 Å². The molecule has 1 aromatic carbocycles.